The van der Waals surface area contributed by atoms with Crippen LogP contribution in [0, 0.1) is 3.57 Å². The number of hydrogen-bond donors (Lipinski definition) is 2. The molecule has 1 fully saturated rings. The van der Waals surface area contributed by atoms with Gasteiger partial charge in [-0.2, -0.15) is 0 Å². The van der Waals surface area contributed by atoms with E-state index >= 15 is 0 Å². The maximum atomic E-state index is 10.8. The van der Waals surface area contributed by atoms with Crippen molar-refractivity contribution in [2.75, 3.05) is 18.8 Å². The van der Waals surface area contributed by atoms with Crippen molar-refractivity contribution in [2.24, 2.45) is 0 Å². The zero-order chi connectivity index (χ0) is 12.9. The van der Waals surface area contributed by atoms with Gasteiger partial charge in [0.25, 0.3) is 0 Å². The molecule has 0 aromatic carbocycles. The normalized spacial score (nSPS) is 15.9. The van der Waals surface area contributed by atoms with Gasteiger partial charge in [0, 0.05) is 22.9 Å². The highest BCUT2D eigenvalue weighted by molar-refractivity contribution is 14.1. The number of amides is 1. The van der Waals surface area contributed by atoms with Crippen LogP contribution < -0.4 is 5.73 Å². The first-order valence-corrected chi connectivity index (χ1v) is 6.40. The van der Waals surface area contributed by atoms with E-state index in [1.54, 1.807) is 0 Å². The standard InChI is InChI=1S/C10H10IN5O2/c11-6-3-16(5-1-15(2-5)10(17)18)9-7(6)8(12)13-4-14-9/h3-5H,1-2H2,(H,17,18)(H2,12,13,14). The minimum atomic E-state index is -0.883. The summed E-state index contributed by atoms with van der Waals surface area (Å²) in [6.45, 7) is 0.970. The third-order valence-electron chi connectivity index (χ3n) is 3.12. The molecular formula is C10H10IN5O2. The number of carbonyl (C=O) groups is 1. The van der Waals surface area contributed by atoms with Crippen LogP contribution in [-0.4, -0.2) is 43.7 Å². The second-order valence-electron chi connectivity index (χ2n) is 4.18. The highest BCUT2D eigenvalue weighted by Gasteiger charge is 2.33. The van der Waals surface area contributed by atoms with Gasteiger partial charge in [-0.05, 0) is 22.6 Å². The van der Waals surface area contributed by atoms with Gasteiger partial charge < -0.3 is 20.3 Å². The molecule has 0 atom stereocenters. The molecule has 3 heterocycles. The fraction of sp³-hybridized carbons (Fsp3) is 0.300. The minimum absolute atomic E-state index is 0.126. The maximum absolute atomic E-state index is 10.8. The highest BCUT2D eigenvalue weighted by atomic mass is 127. The molecule has 0 saturated carbocycles. The number of nitrogens with zero attached hydrogens (tertiary/aromatic N) is 4. The zero-order valence-corrected chi connectivity index (χ0v) is 11.4. The molecule has 1 saturated heterocycles. The van der Waals surface area contributed by atoms with Gasteiger partial charge in [0.15, 0.2) is 0 Å². The molecule has 8 heteroatoms. The van der Waals surface area contributed by atoms with Crippen LogP contribution in [0.2, 0.25) is 0 Å². The van der Waals surface area contributed by atoms with Gasteiger partial charge in [0.05, 0.1) is 11.4 Å². The van der Waals surface area contributed by atoms with E-state index in [2.05, 4.69) is 32.6 Å². The Hall–Kier alpha value is -1.58. The smallest absolute Gasteiger partial charge is 0.407 e. The molecule has 1 aliphatic heterocycles. The van der Waals surface area contributed by atoms with E-state index in [9.17, 15) is 4.79 Å². The van der Waals surface area contributed by atoms with Gasteiger partial charge in [-0.3, -0.25) is 0 Å². The van der Waals surface area contributed by atoms with Crippen molar-refractivity contribution in [3.63, 3.8) is 0 Å². The molecule has 0 radical (unpaired) electrons. The second kappa shape index (κ2) is 3.97. The van der Waals surface area contributed by atoms with Crippen molar-refractivity contribution >= 4 is 45.5 Å². The number of fused-ring (bicyclic) bond motifs is 1. The van der Waals surface area contributed by atoms with Crippen LogP contribution in [0.3, 0.4) is 0 Å². The third kappa shape index (κ3) is 1.59. The molecule has 0 aliphatic carbocycles. The van der Waals surface area contributed by atoms with Crippen LogP contribution in [0.15, 0.2) is 12.5 Å². The molecule has 94 valence electrons. The van der Waals surface area contributed by atoms with Crippen molar-refractivity contribution in [3.8, 4) is 0 Å². The Bertz CT molecular complexity index is 634. The Morgan fingerprint density at radius 3 is 2.89 bits per heavy atom. The van der Waals surface area contributed by atoms with Crippen LogP contribution in [0.5, 0.6) is 0 Å². The summed E-state index contributed by atoms with van der Waals surface area (Å²) >= 11 is 2.19. The van der Waals surface area contributed by atoms with E-state index in [4.69, 9.17) is 10.8 Å². The first-order valence-electron chi connectivity index (χ1n) is 5.32. The molecule has 3 rings (SSSR count). The molecule has 3 N–H and O–H groups in total. The monoisotopic (exact) mass is 359 g/mol. The Morgan fingerprint density at radius 1 is 1.50 bits per heavy atom. The topological polar surface area (TPSA) is 97.3 Å². The van der Waals surface area contributed by atoms with Gasteiger partial charge in [0.2, 0.25) is 0 Å². The average molecular weight is 359 g/mol. The molecule has 1 aliphatic rings. The number of halogens is 1. The van der Waals surface area contributed by atoms with Crippen molar-refractivity contribution < 1.29 is 9.90 Å². The number of anilines is 1. The minimum Gasteiger partial charge on any atom is -0.465 e. The lowest BCUT2D eigenvalue weighted by Crippen LogP contribution is -2.50. The molecule has 0 unspecified atom stereocenters. The predicted octanol–water partition coefficient (Wildman–Crippen LogP) is 1.15. The third-order valence-corrected chi connectivity index (χ3v) is 3.94. The highest BCUT2D eigenvalue weighted by Crippen LogP contribution is 2.31. The average Bonchev–Trinajstić information content (AvgIpc) is 2.55. The lowest BCUT2D eigenvalue weighted by molar-refractivity contribution is 0.0869. The van der Waals surface area contributed by atoms with Gasteiger partial charge in [-0.1, -0.05) is 0 Å². The number of rotatable bonds is 1. The van der Waals surface area contributed by atoms with E-state index in [1.807, 2.05) is 10.8 Å². The van der Waals surface area contributed by atoms with Gasteiger partial charge >= 0.3 is 6.09 Å². The summed E-state index contributed by atoms with van der Waals surface area (Å²) in [6.07, 6.45) is 2.49. The molecule has 7 nitrogen and oxygen atoms in total. The van der Waals surface area contributed by atoms with E-state index in [0.717, 1.165) is 14.6 Å². The molecule has 2 aromatic rings. The molecule has 2 aromatic heterocycles. The molecule has 0 bridgehead atoms. The van der Waals surface area contributed by atoms with E-state index in [0.29, 0.717) is 18.9 Å². The largest absolute Gasteiger partial charge is 0.465 e. The fourth-order valence-corrected chi connectivity index (χ4v) is 2.95. The van der Waals surface area contributed by atoms with Crippen LogP contribution in [0.4, 0.5) is 10.6 Å². The van der Waals surface area contributed by atoms with Crippen LogP contribution in [0.1, 0.15) is 6.04 Å². The van der Waals surface area contributed by atoms with Crippen LogP contribution in [-0.2, 0) is 0 Å². The summed E-state index contributed by atoms with van der Waals surface area (Å²) < 4.78 is 2.96. The first kappa shape index (κ1) is 11.5. The van der Waals surface area contributed by atoms with Gasteiger partial charge in [-0.15, -0.1) is 0 Å². The Balaban J connectivity index is 2.00. The molecule has 0 spiro atoms. The Labute approximate surface area is 116 Å². The number of aromatic nitrogens is 3. The second-order valence-corrected chi connectivity index (χ2v) is 5.35. The van der Waals surface area contributed by atoms with Crippen molar-refractivity contribution in [1.82, 2.24) is 19.4 Å². The lowest BCUT2D eigenvalue weighted by atomic mass is 10.1. The van der Waals surface area contributed by atoms with Crippen molar-refractivity contribution in [2.45, 2.75) is 6.04 Å². The number of hydrogen-bond acceptors (Lipinski definition) is 4. The lowest BCUT2D eigenvalue weighted by Gasteiger charge is -2.37. The zero-order valence-electron chi connectivity index (χ0n) is 9.25. The quantitative estimate of drug-likeness (QED) is 0.745. The molecule has 1 amide bonds. The van der Waals surface area contributed by atoms with Crippen LogP contribution in [0.25, 0.3) is 11.0 Å². The van der Waals surface area contributed by atoms with Crippen LogP contribution >= 0.6 is 22.6 Å². The number of nitrogen functional groups attached to an aromatic ring is 1. The van der Waals surface area contributed by atoms with E-state index < -0.39 is 6.09 Å². The summed E-state index contributed by atoms with van der Waals surface area (Å²) in [5.41, 5.74) is 6.60. The summed E-state index contributed by atoms with van der Waals surface area (Å²) in [6, 6.07) is 0.126. The number of nitrogens with two attached hydrogens (primary N) is 1. The Kier molecular flexibility index (Phi) is 2.54. The number of carboxylic acid groups (broad SMARTS) is 1. The summed E-state index contributed by atoms with van der Waals surface area (Å²) in [5, 5.41) is 9.67. The first-order chi connectivity index (χ1) is 8.58. The summed E-state index contributed by atoms with van der Waals surface area (Å²) in [4.78, 5) is 20.3. The van der Waals surface area contributed by atoms with E-state index in [-0.39, 0.29) is 6.04 Å². The van der Waals surface area contributed by atoms with Gasteiger partial charge in [-0.25, -0.2) is 14.8 Å². The SMILES string of the molecule is Nc1ncnc2c1c(I)cn2C1CN(C(=O)O)C1. The molecule has 18 heavy (non-hydrogen) atoms. The summed E-state index contributed by atoms with van der Waals surface area (Å²) in [7, 11) is 0. The van der Waals surface area contributed by atoms with Crippen molar-refractivity contribution in [3.05, 3.63) is 16.1 Å². The predicted molar refractivity (Wildman–Crippen MR) is 73.3 cm³/mol. The summed E-state index contributed by atoms with van der Waals surface area (Å²) in [5.74, 6) is 0.456. The fourth-order valence-electron chi connectivity index (χ4n) is 2.13. The Morgan fingerprint density at radius 2 is 2.22 bits per heavy atom. The van der Waals surface area contributed by atoms with Crippen molar-refractivity contribution in [1.29, 1.82) is 0 Å². The van der Waals surface area contributed by atoms with E-state index in [1.165, 1.54) is 11.2 Å². The number of likely N-dealkylation sites (tertiary alicyclic amines) is 1. The van der Waals surface area contributed by atoms with Gasteiger partial charge in [0.1, 0.15) is 17.8 Å². The maximum Gasteiger partial charge on any atom is 0.407 e. The molecular weight excluding hydrogens is 349 g/mol.